The molecule has 0 N–H and O–H groups in total. The van der Waals surface area contributed by atoms with Crippen LogP contribution in [-0.2, 0) is 16.3 Å². The molecule has 1 atom stereocenters. The van der Waals surface area contributed by atoms with E-state index in [1.54, 1.807) is 4.90 Å². The number of nitrogens with zero attached hydrogens (tertiary/aromatic N) is 1. The van der Waals surface area contributed by atoms with Gasteiger partial charge in [-0.2, -0.15) is 8.78 Å². The quantitative estimate of drug-likeness (QED) is 0.853. The number of fused-ring (bicyclic) bond motifs is 1. The highest BCUT2D eigenvalue weighted by molar-refractivity contribution is 7.91. The van der Waals surface area contributed by atoms with E-state index in [0.29, 0.717) is 0 Å². The topological polar surface area (TPSA) is 54.5 Å². The maximum atomic E-state index is 12.7. The summed E-state index contributed by atoms with van der Waals surface area (Å²) in [5.74, 6) is -3.77. The van der Waals surface area contributed by atoms with Crippen molar-refractivity contribution in [3.8, 4) is 0 Å². The molecule has 7 heteroatoms. The minimum atomic E-state index is -4.66. The van der Waals surface area contributed by atoms with Gasteiger partial charge < -0.3 is 4.90 Å². The molecule has 0 fully saturated rings. The minimum absolute atomic E-state index is 0.0284. The number of alkyl halides is 2. The fraction of sp³-hybridized carbons (Fsp3) is 0.235. The molecular formula is C17H15F2NO3S. The number of hydrogen-bond donors (Lipinski definition) is 0. The molecule has 0 aromatic heterocycles. The summed E-state index contributed by atoms with van der Waals surface area (Å²) in [4.78, 5) is 13.9. The zero-order valence-corrected chi connectivity index (χ0v) is 13.6. The molecule has 1 aliphatic heterocycles. The van der Waals surface area contributed by atoms with E-state index in [4.69, 9.17) is 0 Å². The molecule has 0 bridgehead atoms. The molecule has 24 heavy (non-hydrogen) atoms. The highest BCUT2D eigenvalue weighted by Crippen LogP contribution is 2.33. The Morgan fingerprint density at radius 3 is 2.38 bits per heavy atom. The van der Waals surface area contributed by atoms with Crippen LogP contribution in [0.3, 0.4) is 0 Å². The van der Waals surface area contributed by atoms with E-state index in [2.05, 4.69) is 0 Å². The summed E-state index contributed by atoms with van der Waals surface area (Å²) in [5, 5.41) is 0. The summed E-state index contributed by atoms with van der Waals surface area (Å²) in [6, 6.07) is 12.2. The van der Waals surface area contributed by atoms with Crippen molar-refractivity contribution in [2.75, 3.05) is 4.90 Å². The molecule has 0 saturated carbocycles. The van der Waals surface area contributed by atoms with Crippen LogP contribution in [-0.4, -0.2) is 26.1 Å². The van der Waals surface area contributed by atoms with Crippen LogP contribution in [0.25, 0.3) is 0 Å². The van der Waals surface area contributed by atoms with Gasteiger partial charge in [0.05, 0.1) is 4.90 Å². The maximum absolute atomic E-state index is 12.7. The van der Waals surface area contributed by atoms with E-state index in [9.17, 15) is 22.0 Å². The smallest absolute Gasteiger partial charge is 0.305 e. The predicted octanol–water partition coefficient (Wildman–Crippen LogP) is 3.27. The van der Waals surface area contributed by atoms with Gasteiger partial charge in [-0.15, -0.1) is 0 Å². The Bertz CT molecular complexity index is 879. The lowest BCUT2D eigenvalue weighted by atomic mass is 10.1. The van der Waals surface area contributed by atoms with Crippen LogP contribution in [0.15, 0.2) is 53.4 Å². The van der Waals surface area contributed by atoms with Gasteiger partial charge in [0.1, 0.15) is 0 Å². The molecule has 0 aliphatic carbocycles. The highest BCUT2D eigenvalue weighted by Gasteiger charge is 2.32. The summed E-state index contributed by atoms with van der Waals surface area (Å²) in [7, 11) is -4.66. The molecule has 1 aliphatic rings. The van der Waals surface area contributed by atoms with Gasteiger partial charge in [-0.1, -0.05) is 18.2 Å². The van der Waals surface area contributed by atoms with Gasteiger partial charge in [-0.25, -0.2) is 8.42 Å². The van der Waals surface area contributed by atoms with E-state index in [0.717, 1.165) is 29.8 Å². The number of sulfone groups is 1. The Labute approximate surface area is 138 Å². The maximum Gasteiger partial charge on any atom is 0.341 e. The van der Waals surface area contributed by atoms with Gasteiger partial charge in [-0.3, -0.25) is 4.79 Å². The van der Waals surface area contributed by atoms with Crippen LogP contribution < -0.4 is 4.90 Å². The third-order valence-corrected chi connectivity index (χ3v) is 5.49. The zero-order chi connectivity index (χ0) is 17.5. The lowest BCUT2D eigenvalue weighted by Crippen LogP contribution is -2.35. The molecule has 0 radical (unpaired) electrons. The highest BCUT2D eigenvalue weighted by atomic mass is 32.2. The van der Waals surface area contributed by atoms with Crippen LogP contribution in [0.1, 0.15) is 22.8 Å². The van der Waals surface area contributed by atoms with Crippen molar-refractivity contribution in [3.05, 3.63) is 59.7 Å². The second-order valence-electron chi connectivity index (χ2n) is 5.69. The van der Waals surface area contributed by atoms with Crippen molar-refractivity contribution in [2.45, 2.75) is 30.0 Å². The zero-order valence-electron chi connectivity index (χ0n) is 12.8. The van der Waals surface area contributed by atoms with Crippen LogP contribution >= 0.6 is 0 Å². The number of amides is 1. The first-order valence-electron chi connectivity index (χ1n) is 7.36. The standard InChI is InChI=1S/C17H15F2NO3S/c1-11-10-13-4-2-3-5-15(13)20(11)16(21)12-6-8-14(9-7-12)24(22,23)17(18)19/h2-9,11,17H,10H2,1H3/t11-/m0/s1. The van der Waals surface area contributed by atoms with Crippen LogP contribution in [0.4, 0.5) is 14.5 Å². The van der Waals surface area contributed by atoms with Crippen LogP contribution in [0, 0.1) is 0 Å². The molecule has 0 unspecified atom stereocenters. The summed E-state index contributed by atoms with van der Waals surface area (Å²) in [5.41, 5.74) is 2.14. The first-order chi connectivity index (χ1) is 11.3. The lowest BCUT2D eigenvalue weighted by molar-refractivity contribution is 0.0981. The molecule has 0 saturated heterocycles. The number of hydrogen-bond acceptors (Lipinski definition) is 3. The molecule has 126 valence electrons. The average molecular weight is 351 g/mol. The number of benzene rings is 2. The monoisotopic (exact) mass is 351 g/mol. The van der Waals surface area contributed by atoms with Crippen molar-refractivity contribution in [1.82, 2.24) is 0 Å². The van der Waals surface area contributed by atoms with E-state index in [1.807, 2.05) is 31.2 Å². The summed E-state index contributed by atoms with van der Waals surface area (Å²) in [6.45, 7) is 1.92. The minimum Gasteiger partial charge on any atom is -0.305 e. The Kier molecular flexibility index (Phi) is 4.13. The Hall–Kier alpha value is -2.28. The SMILES string of the molecule is C[C@H]1Cc2ccccc2N1C(=O)c1ccc(S(=O)(=O)C(F)F)cc1. The molecule has 0 spiro atoms. The Balaban J connectivity index is 1.92. The average Bonchev–Trinajstić information content (AvgIpc) is 2.90. The van der Waals surface area contributed by atoms with Crippen molar-refractivity contribution >= 4 is 21.4 Å². The fourth-order valence-electron chi connectivity index (χ4n) is 2.90. The Morgan fingerprint density at radius 2 is 1.75 bits per heavy atom. The summed E-state index contributed by atoms with van der Waals surface area (Å²) >= 11 is 0. The van der Waals surface area contributed by atoms with E-state index in [-0.39, 0.29) is 17.5 Å². The van der Waals surface area contributed by atoms with Crippen molar-refractivity contribution in [3.63, 3.8) is 0 Å². The third-order valence-electron chi connectivity index (χ3n) is 4.09. The van der Waals surface area contributed by atoms with E-state index in [1.165, 1.54) is 12.1 Å². The van der Waals surface area contributed by atoms with Gasteiger partial charge in [0.25, 0.3) is 5.91 Å². The molecule has 1 amide bonds. The van der Waals surface area contributed by atoms with Gasteiger partial charge in [0.2, 0.25) is 9.84 Å². The molecule has 4 nitrogen and oxygen atoms in total. The van der Waals surface area contributed by atoms with Crippen molar-refractivity contribution in [1.29, 1.82) is 0 Å². The van der Waals surface area contributed by atoms with Gasteiger partial charge in [-0.05, 0) is 49.2 Å². The second kappa shape index (κ2) is 5.98. The molecule has 3 rings (SSSR count). The van der Waals surface area contributed by atoms with Gasteiger partial charge in [0.15, 0.2) is 0 Å². The fourth-order valence-corrected chi connectivity index (χ4v) is 3.63. The molecule has 2 aromatic carbocycles. The third kappa shape index (κ3) is 2.69. The number of rotatable bonds is 3. The first-order valence-corrected chi connectivity index (χ1v) is 8.90. The molecule has 1 heterocycles. The van der Waals surface area contributed by atoms with Crippen molar-refractivity contribution < 1.29 is 22.0 Å². The van der Waals surface area contributed by atoms with Gasteiger partial charge in [0, 0.05) is 17.3 Å². The van der Waals surface area contributed by atoms with E-state index < -0.39 is 20.5 Å². The van der Waals surface area contributed by atoms with Crippen LogP contribution in [0.5, 0.6) is 0 Å². The van der Waals surface area contributed by atoms with E-state index >= 15 is 0 Å². The Morgan fingerprint density at radius 1 is 1.12 bits per heavy atom. The predicted molar refractivity (Wildman–Crippen MR) is 86.0 cm³/mol. The van der Waals surface area contributed by atoms with Gasteiger partial charge >= 0.3 is 5.76 Å². The largest absolute Gasteiger partial charge is 0.341 e. The lowest BCUT2D eigenvalue weighted by Gasteiger charge is -2.23. The molecule has 2 aromatic rings. The van der Waals surface area contributed by atoms with Crippen LogP contribution in [0.2, 0.25) is 0 Å². The second-order valence-corrected chi connectivity index (χ2v) is 7.60. The number of para-hydroxylation sites is 1. The summed E-state index contributed by atoms with van der Waals surface area (Å²) < 4.78 is 48.0. The first kappa shape index (κ1) is 16.6. The normalized spacial score (nSPS) is 17.2. The number of carbonyl (C=O) groups is 1. The number of carbonyl (C=O) groups excluding carboxylic acids is 1. The summed E-state index contributed by atoms with van der Waals surface area (Å²) in [6.07, 6.45) is 0.736. The van der Waals surface area contributed by atoms with Crippen molar-refractivity contribution in [2.24, 2.45) is 0 Å². The number of halogens is 2. The molecular weight excluding hydrogens is 336 g/mol. The number of anilines is 1.